The predicted octanol–water partition coefficient (Wildman–Crippen LogP) is 2.87. The molecule has 0 saturated carbocycles. The Balaban J connectivity index is 2.56. The molecule has 0 radical (unpaired) electrons. The summed E-state index contributed by atoms with van der Waals surface area (Å²) in [5, 5.41) is 3.58. The molecule has 0 saturated heterocycles. The van der Waals surface area contributed by atoms with Crippen molar-refractivity contribution in [2.75, 3.05) is 12.8 Å². The second-order valence-electron chi connectivity index (χ2n) is 3.96. The molecule has 0 aliphatic heterocycles. The lowest BCUT2D eigenvalue weighted by Gasteiger charge is -2.18. The first-order chi connectivity index (χ1) is 7.52. The highest BCUT2D eigenvalue weighted by Crippen LogP contribution is 2.22. The third-order valence-electron chi connectivity index (χ3n) is 2.65. The van der Waals surface area contributed by atoms with Crippen LogP contribution in [0.4, 0.5) is 0 Å². The van der Waals surface area contributed by atoms with Crippen molar-refractivity contribution in [2.45, 2.75) is 25.1 Å². The minimum atomic E-state index is -0.763. The van der Waals surface area contributed by atoms with Gasteiger partial charge >= 0.3 is 0 Å². The maximum atomic E-state index is 11.2. The van der Waals surface area contributed by atoms with Crippen LogP contribution in [-0.4, -0.2) is 22.3 Å². The van der Waals surface area contributed by atoms with Gasteiger partial charge < -0.3 is 5.32 Å². The van der Waals surface area contributed by atoms with Crippen molar-refractivity contribution in [1.82, 2.24) is 5.32 Å². The van der Waals surface area contributed by atoms with Crippen molar-refractivity contribution in [2.24, 2.45) is 0 Å². The topological polar surface area (TPSA) is 29.1 Å². The molecule has 0 aliphatic carbocycles. The van der Waals surface area contributed by atoms with Crippen molar-refractivity contribution in [3.8, 4) is 0 Å². The van der Waals surface area contributed by atoms with E-state index >= 15 is 0 Å². The Morgan fingerprint density at radius 2 is 2.00 bits per heavy atom. The highest BCUT2D eigenvalue weighted by Gasteiger charge is 2.11. The molecule has 4 heteroatoms. The molecule has 0 bridgehead atoms. The SMILES string of the molecule is C[C@H](NC[C@@H](C)[S@](C)=O)c1ccccc1Br. The third kappa shape index (κ3) is 4.00. The minimum absolute atomic E-state index is 0.185. The van der Waals surface area contributed by atoms with Gasteiger partial charge in [0.05, 0.1) is 0 Å². The first kappa shape index (κ1) is 13.9. The fourth-order valence-electron chi connectivity index (χ4n) is 1.40. The van der Waals surface area contributed by atoms with Gasteiger partial charge in [-0.1, -0.05) is 34.1 Å². The van der Waals surface area contributed by atoms with Gasteiger partial charge in [-0.2, -0.15) is 0 Å². The van der Waals surface area contributed by atoms with Gasteiger partial charge in [0.15, 0.2) is 0 Å². The quantitative estimate of drug-likeness (QED) is 0.906. The fraction of sp³-hybridized carbons (Fsp3) is 0.500. The van der Waals surface area contributed by atoms with E-state index in [1.54, 1.807) is 6.26 Å². The number of halogens is 1. The van der Waals surface area contributed by atoms with Crippen LogP contribution in [0.5, 0.6) is 0 Å². The molecule has 0 heterocycles. The first-order valence-corrected chi connectivity index (χ1v) is 7.74. The Kier molecular flexibility index (Phi) is 5.66. The fourth-order valence-corrected chi connectivity index (χ4v) is 2.36. The van der Waals surface area contributed by atoms with Gasteiger partial charge in [-0.3, -0.25) is 4.21 Å². The molecule has 0 unspecified atom stereocenters. The third-order valence-corrected chi connectivity index (χ3v) is 4.67. The molecule has 2 nitrogen and oxygen atoms in total. The Morgan fingerprint density at radius 3 is 2.56 bits per heavy atom. The summed E-state index contributed by atoms with van der Waals surface area (Å²) in [7, 11) is -0.763. The number of benzene rings is 1. The summed E-state index contributed by atoms with van der Waals surface area (Å²) in [4.78, 5) is 0. The van der Waals surface area contributed by atoms with E-state index in [9.17, 15) is 4.21 Å². The molecule has 0 aliphatic rings. The molecule has 0 aromatic heterocycles. The molecule has 0 amide bonds. The van der Waals surface area contributed by atoms with E-state index in [4.69, 9.17) is 0 Å². The number of hydrogen-bond donors (Lipinski definition) is 1. The molecule has 90 valence electrons. The summed E-state index contributed by atoms with van der Waals surface area (Å²) in [6, 6.07) is 8.43. The summed E-state index contributed by atoms with van der Waals surface area (Å²) < 4.78 is 12.3. The van der Waals surface area contributed by atoms with E-state index in [-0.39, 0.29) is 11.3 Å². The van der Waals surface area contributed by atoms with Crippen LogP contribution in [0.25, 0.3) is 0 Å². The smallest absolute Gasteiger partial charge is 0.0441 e. The Morgan fingerprint density at radius 1 is 1.38 bits per heavy atom. The van der Waals surface area contributed by atoms with E-state index in [0.29, 0.717) is 0 Å². The monoisotopic (exact) mass is 303 g/mol. The zero-order chi connectivity index (χ0) is 12.1. The van der Waals surface area contributed by atoms with Crippen molar-refractivity contribution >= 4 is 26.7 Å². The van der Waals surface area contributed by atoms with Crippen LogP contribution in [0.15, 0.2) is 28.7 Å². The minimum Gasteiger partial charge on any atom is -0.309 e. The summed E-state index contributed by atoms with van der Waals surface area (Å²) in [5.74, 6) is 0. The average Bonchev–Trinajstić information content (AvgIpc) is 2.25. The van der Waals surface area contributed by atoms with Crippen LogP contribution in [0, 0.1) is 0 Å². The normalized spacial score (nSPS) is 16.8. The van der Waals surface area contributed by atoms with E-state index in [0.717, 1.165) is 11.0 Å². The van der Waals surface area contributed by atoms with Crippen molar-refractivity contribution in [1.29, 1.82) is 0 Å². The van der Waals surface area contributed by atoms with Gasteiger partial charge in [0.25, 0.3) is 0 Å². The van der Waals surface area contributed by atoms with Gasteiger partial charge in [0, 0.05) is 39.4 Å². The maximum absolute atomic E-state index is 11.2. The van der Waals surface area contributed by atoms with Crippen LogP contribution >= 0.6 is 15.9 Å². The molecular formula is C12H18BrNOS. The van der Waals surface area contributed by atoms with Crippen LogP contribution < -0.4 is 5.32 Å². The molecule has 0 spiro atoms. The molecule has 1 aromatic carbocycles. The van der Waals surface area contributed by atoms with Crippen LogP contribution in [0.2, 0.25) is 0 Å². The summed E-state index contributed by atoms with van der Waals surface area (Å²) in [6.45, 7) is 4.88. The van der Waals surface area contributed by atoms with E-state index in [2.05, 4.69) is 34.2 Å². The van der Waals surface area contributed by atoms with Crippen LogP contribution in [-0.2, 0) is 10.8 Å². The van der Waals surface area contributed by atoms with Crippen molar-refractivity contribution in [3.05, 3.63) is 34.3 Å². The van der Waals surface area contributed by atoms with Gasteiger partial charge in [-0.25, -0.2) is 0 Å². The van der Waals surface area contributed by atoms with Gasteiger partial charge in [-0.05, 0) is 25.5 Å². The molecular weight excluding hydrogens is 286 g/mol. The average molecular weight is 304 g/mol. The second kappa shape index (κ2) is 6.52. The summed E-state index contributed by atoms with van der Waals surface area (Å²) in [6.07, 6.45) is 1.75. The lowest BCUT2D eigenvalue weighted by atomic mass is 10.1. The largest absolute Gasteiger partial charge is 0.309 e. The Bertz CT molecular complexity index is 370. The second-order valence-corrected chi connectivity index (χ2v) is 6.62. The maximum Gasteiger partial charge on any atom is 0.0441 e. The number of nitrogens with one attached hydrogen (secondary N) is 1. The predicted molar refractivity (Wildman–Crippen MR) is 74.1 cm³/mol. The molecule has 16 heavy (non-hydrogen) atoms. The molecule has 1 aromatic rings. The molecule has 0 fully saturated rings. The van der Waals surface area contributed by atoms with Crippen molar-refractivity contribution in [3.63, 3.8) is 0 Å². The van der Waals surface area contributed by atoms with Gasteiger partial charge in [-0.15, -0.1) is 0 Å². The van der Waals surface area contributed by atoms with Crippen LogP contribution in [0.3, 0.4) is 0 Å². The summed E-state index contributed by atoms with van der Waals surface area (Å²) in [5.41, 5.74) is 1.23. The zero-order valence-electron chi connectivity index (χ0n) is 9.87. The van der Waals surface area contributed by atoms with E-state index in [1.165, 1.54) is 5.56 Å². The Hall–Kier alpha value is -0.190. The zero-order valence-corrected chi connectivity index (χ0v) is 12.3. The molecule has 3 atom stereocenters. The molecule has 1 rings (SSSR count). The molecule has 1 N–H and O–H groups in total. The first-order valence-electron chi connectivity index (χ1n) is 5.32. The summed E-state index contributed by atoms with van der Waals surface area (Å²) >= 11 is 3.53. The van der Waals surface area contributed by atoms with E-state index in [1.807, 2.05) is 25.1 Å². The van der Waals surface area contributed by atoms with Crippen LogP contribution in [0.1, 0.15) is 25.5 Å². The highest BCUT2D eigenvalue weighted by molar-refractivity contribution is 9.10. The van der Waals surface area contributed by atoms with Crippen molar-refractivity contribution < 1.29 is 4.21 Å². The highest BCUT2D eigenvalue weighted by atomic mass is 79.9. The van der Waals surface area contributed by atoms with Gasteiger partial charge in [0.2, 0.25) is 0 Å². The lowest BCUT2D eigenvalue weighted by Crippen LogP contribution is -2.29. The van der Waals surface area contributed by atoms with Gasteiger partial charge in [0.1, 0.15) is 0 Å². The standard InChI is InChI=1S/C12H18BrNOS/c1-9(16(3)15)8-14-10(2)11-6-4-5-7-12(11)13/h4-7,9-10,14H,8H2,1-3H3/t9-,10+,16+/m1/s1. The van der Waals surface area contributed by atoms with E-state index < -0.39 is 10.8 Å². The number of hydrogen-bond acceptors (Lipinski definition) is 2. The Labute approximate surface area is 108 Å². The lowest BCUT2D eigenvalue weighted by molar-refractivity contribution is 0.567. The number of rotatable bonds is 5.